The Morgan fingerprint density at radius 3 is 2.57 bits per heavy atom. The van der Waals surface area contributed by atoms with Crippen molar-refractivity contribution in [1.82, 2.24) is 10.6 Å². The van der Waals surface area contributed by atoms with E-state index in [0.29, 0.717) is 13.1 Å². The normalized spacial score (nSPS) is 13.6. The quantitative estimate of drug-likeness (QED) is 0.744. The number of nitrogens with one attached hydrogen (secondary N) is 2. The van der Waals surface area contributed by atoms with Crippen LogP contribution in [0.1, 0.15) is 24.0 Å². The predicted octanol–water partition coefficient (Wildman–Crippen LogP) is 1.32. The number of hydrogen-bond donors (Lipinski definition) is 2. The molecule has 2 rings (SSSR count). The summed E-state index contributed by atoms with van der Waals surface area (Å²) in [5, 5.41) is 5.51. The Morgan fingerprint density at radius 1 is 1.19 bits per heavy atom. The molecule has 1 aliphatic carbocycles. The minimum absolute atomic E-state index is 0.0134. The molecule has 0 spiro atoms. The molecule has 2 amide bonds. The molecule has 0 radical (unpaired) electrons. The number of aryl methyl sites for hydroxylation is 2. The van der Waals surface area contributed by atoms with E-state index in [4.69, 9.17) is 4.74 Å². The van der Waals surface area contributed by atoms with Crippen LogP contribution in [0.15, 0.2) is 18.2 Å². The molecule has 21 heavy (non-hydrogen) atoms. The van der Waals surface area contributed by atoms with Crippen LogP contribution >= 0.6 is 0 Å². The van der Waals surface area contributed by atoms with E-state index < -0.39 is 0 Å². The van der Waals surface area contributed by atoms with Gasteiger partial charge in [-0.2, -0.15) is 0 Å². The average Bonchev–Trinajstić information content (AvgIpc) is 3.27. The summed E-state index contributed by atoms with van der Waals surface area (Å²) in [5.74, 6) is 0.831. The molecular weight excluding hydrogens is 268 g/mol. The van der Waals surface area contributed by atoms with Crippen LogP contribution in [-0.2, 0) is 9.59 Å². The van der Waals surface area contributed by atoms with Crippen LogP contribution in [0.5, 0.6) is 5.75 Å². The Morgan fingerprint density at radius 2 is 1.90 bits per heavy atom. The van der Waals surface area contributed by atoms with Gasteiger partial charge in [0, 0.05) is 19.0 Å². The zero-order chi connectivity index (χ0) is 15.2. The summed E-state index contributed by atoms with van der Waals surface area (Å²) < 4.78 is 5.48. The van der Waals surface area contributed by atoms with Crippen molar-refractivity contribution in [2.45, 2.75) is 26.7 Å². The van der Waals surface area contributed by atoms with Gasteiger partial charge in [0.2, 0.25) is 5.91 Å². The number of carbonyl (C=O) groups is 2. The Labute approximate surface area is 125 Å². The zero-order valence-corrected chi connectivity index (χ0v) is 12.6. The first-order chi connectivity index (χ1) is 10.1. The van der Waals surface area contributed by atoms with Crippen molar-refractivity contribution in [2.75, 3.05) is 19.7 Å². The summed E-state index contributed by atoms with van der Waals surface area (Å²) in [5.41, 5.74) is 2.18. The van der Waals surface area contributed by atoms with Gasteiger partial charge in [0.15, 0.2) is 6.61 Å². The lowest BCUT2D eigenvalue weighted by molar-refractivity contribution is -0.124. The Hall–Kier alpha value is -2.04. The highest BCUT2D eigenvalue weighted by Gasteiger charge is 2.28. The van der Waals surface area contributed by atoms with Gasteiger partial charge in [-0.05, 0) is 38.3 Å². The van der Waals surface area contributed by atoms with E-state index in [1.165, 1.54) is 0 Å². The van der Waals surface area contributed by atoms with Gasteiger partial charge in [0.25, 0.3) is 5.91 Å². The first-order valence-electron chi connectivity index (χ1n) is 7.30. The number of ether oxygens (including phenoxy) is 1. The Kier molecular flexibility index (Phi) is 5.20. The molecule has 114 valence electrons. The molecule has 0 unspecified atom stereocenters. The van der Waals surface area contributed by atoms with Gasteiger partial charge < -0.3 is 15.4 Å². The molecule has 0 atom stereocenters. The maximum absolute atomic E-state index is 11.6. The van der Waals surface area contributed by atoms with Gasteiger partial charge in [-0.25, -0.2) is 0 Å². The van der Waals surface area contributed by atoms with Crippen LogP contribution in [0.25, 0.3) is 0 Å². The van der Waals surface area contributed by atoms with Crippen molar-refractivity contribution >= 4 is 11.8 Å². The molecule has 5 nitrogen and oxygen atoms in total. The Balaban J connectivity index is 1.61. The number of hydrogen-bond acceptors (Lipinski definition) is 3. The van der Waals surface area contributed by atoms with E-state index in [9.17, 15) is 9.59 Å². The molecule has 1 aromatic carbocycles. The molecule has 0 saturated heterocycles. The number of rotatable bonds is 7. The van der Waals surface area contributed by atoms with Gasteiger partial charge in [0.05, 0.1) is 0 Å². The molecule has 1 fully saturated rings. The number of benzene rings is 1. The largest absolute Gasteiger partial charge is 0.484 e. The fourth-order valence-corrected chi connectivity index (χ4v) is 2.03. The summed E-state index contributed by atoms with van der Waals surface area (Å²) in [4.78, 5) is 23.0. The molecule has 0 aliphatic heterocycles. The third-order valence-corrected chi connectivity index (χ3v) is 3.38. The van der Waals surface area contributed by atoms with Crippen LogP contribution in [0, 0.1) is 19.8 Å². The lowest BCUT2D eigenvalue weighted by Gasteiger charge is -2.10. The molecule has 1 aliphatic rings. The predicted molar refractivity (Wildman–Crippen MR) is 80.2 cm³/mol. The molecule has 1 aromatic rings. The number of amides is 2. The van der Waals surface area contributed by atoms with Gasteiger partial charge in [-0.3, -0.25) is 9.59 Å². The van der Waals surface area contributed by atoms with Crippen molar-refractivity contribution < 1.29 is 14.3 Å². The van der Waals surface area contributed by atoms with E-state index >= 15 is 0 Å². The van der Waals surface area contributed by atoms with E-state index in [-0.39, 0.29) is 24.3 Å². The molecule has 5 heteroatoms. The van der Waals surface area contributed by atoms with Crippen LogP contribution in [0.3, 0.4) is 0 Å². The van der Waals surface area contributed by atoms with E-state index in [2.05, 4.69) is 10.6 Å². The summed E-state index contributed by atoms with van der Waals surface area (Å²) in [7, 11) is 0. The summed E-state index contributed by atoms with van der Waals surface area (Å²) >= 11 is 0. The zero-order valence-electron chi connectivity index (χ0n) is 12.6. The second-order valence-corrected chi connectivity index (χ2v) is 5.47. The van der Waals surface area contributed by atoms with Crippen molar-refractivity contribution in [3.05, 3.63) is 29.3 Å². The maximum atomic E-state index is 11.6. The monoisotopic (exact) mass is 290 g/mol. The van der Waals surface area contributed by atoms with Crippen LogP contribution in [0.2, 0.25) is 0 Å². The van der Waals surface area contributed by atoms with Crippen LogP contribution < -0.4 is 15.4 Å². The molecule has 0 aromatic heterocycles. The maximum Gasteiger partial charge on any atom is 0.258 e. The summed E-state index contributed by atoms with van der Waals surface area (Å²) in [6, 6.07) is 5.84. The fourth-order valence-electron chi connectivity index (χ4n) is 2.03. The fraction of sp³-hybridized carbons (Fsp3) is 0.500. The molecular formula is C16H22N2O3. The van der Waals surface area contributed by atoms with Crippen LogP contribution in [-0.4, -0.2) is 31.5 Å². The standard InChI is InChI=1S/C16H22N2O3/c1-11-3-6-14(12(2)9-11)21-10-15(19)17-7-8-18-16(20)13-4-5-13/h3,6,9,13H,4-5,7-8,10H2,1-2H3,(H,17,19)(H,18,20). The second kappa shape index (κ2) is 7.11. The van der Waals surface area contributed by atoms with E-state index in [0.717, 1.165) is 29.7 Å². The van der Waals surface area contributed by atoms with Crippen molar-refractivity contribution in [3.8, 4) is 5.75 Å². The smallest absolute Gasteiger partial charge is 0.258 e. The first-order valence-corrected chi connectivity index (χ1v) is 7.30. The highest BCUT2D eigenvalue weighted by atomic mass is 16.5. The van der Waals surface area contributed by atoms with Crippen LogP contribution in [0.4, 0.5) is 0 Å². The van der Waals surface area contributed by atoms with E-state index in [1.54, 1.807) is 0 Å². The minimum Gasteiger partial charge on any atom is -0.484 e. The van der Waals surface area contributed by atoms with Crippen molar-refractivity contribution in [3.63, 3.8) is 0 Å². The highest BCUT2D eigenvalue weighted by molar-refractivity contribution is 5.81. The first kappa shape index (κ1) is 15.4. The van der Waals surface area contributed by atoms with E-state index in [1.807, 2.05) is 32.0 Å². The molecule has 0 bridgehead atoms. The lowest BCUT2D eigenvalue weighted by Crippen LogP contribution is -2.37. The molecule has 2 N–H and O–H groups in total. The highest BCUT2D eigenvalue weighted by Crippen LogP contribution is 2.28. The van der Waals surface area contributed by atoms with Gasteiger partial charge in [-0.1, -0.05) is 17.7 Å². The summed E-state index contributed by atoms with van der Waals surface area (Å²) in [6.45, 7) is 4.84. The second-order valence-electron chi connectivity index (χ2n) is 5.47. The average molecular weight is 290 g/mol. The van der Waals surface area contributed by atoms with Gasteiger partial charge in [-0.15, -0.1) is 0 Å². The minimum atomic E-state index is -0.185. The molecule has 1 saturated carbocycles. The van der Waals surface area contributed by atoms with Gasteiger partial charge >= 0.3 is 0 Å². The third kappa shape index (κ3) is 5.10. The number of carbonyl (C=O) groups excluding carboxylic acids is 2. The topological polar surface area (TPSA) is 67.4 Å². The summed E-state index contributed by atoms with van der Waals surface area (Å²) in [6.07, 6.45) is 1.98. The Bertz CT molecular complexity index is 524. The SMILES string of the molecule is Cc1ccc(OCC(=O)NCCNC(=O)C2CC2)c(C)c1. The van der Waals surface area contributed by atoms with Gasteiger partial charge in [0.1, 0.15) is 5.75 Å². The van der Waals surface area contributed by atoms with Crippen molar-refractivity contribution in [1.29, 1.82) is 0 Å². The van der Waals surface area contributed by atoms with Crippen molar-refractivity contribution in [2.24, 2.45) is 5.92 Å². The lowest BCUT2D eigenvalue weighted by atomic mass is 10.1. The third-order valence-electron chi connectivity index (χ3n) is 3.38. The molecule has 0 heterocycles.